The van der Waals surface area contributed by atoms with Gasteiger partial charge in [0.2, 0.25) is 0 Å². The number of amides is 1. The molecule has 1 N–H and O–H groups in total. The van der Waals surface area contributed by atoms with E-state index in [0.717, 1.165) is 12.2 Å². The summed E-state index contributed by atoms with van der Waals surface area (Å²) in [6.07, 6.45) is 0. The molecule has 110 valence electrons. The summed E-state index contributed by atoms with van der Waals surface area (Å²) in [7, 11) is 3.52. The summed E-state index contributed by atoms with van der Waals surface area (Å²) in [5.74, 6) is 0.0238. The Labute approximate surface area is 126 Å². The van der Waals surface area contributed by atoms with Crippen molar-refractivity contribution in [2.24, 2.45) is 0 Å². The van der Waals surface area contributed by atoms with Crippen LogP contribution in [0.15, 0.2) is 42.5 Å². The first-order valence-electron chi connectivity index (χ1n) is 7.09. The first-order chi connectivity index (χ1) is 9.97. The standard InChI is InChI=1S/C18H22N2O/c1-13-5-6-15(11-14(13)2)12-19-17-9-7-16(8-10-17)18(21)20(3)4/h5-11,19H,12H2,1-4H3. The van der Waals surface area contributed by atoms with Crippen molar-refractivity contribution in [1.82, 2.24) is 4.90 Å². The van der Waals surface area contributed by atoms with Crippen molar-refractivity contribution in [2.45, 2.75) is 20.4 Å². The molecule has 0 atom stereocenters. The number of nitrogens with one attached hydrogen (secondary N) is 1. The SMILES string of the molecule is Cc1ccc(CNc2ccc(C(=O)N(C)C)cc2)cc1C. The van der Waals surface area contributed by atoms with Crippen LogP contribution < -0.4 is 5.32 Å². The molecule has 2 aromatic carbocycles. The number of nitrogens with zero attached hydrogens (tertiary/aromatic N) is 1. The van der Waals surface area contributed by atoms with Gasteiger partial charge in [-0.25, -0.2) is 0 Å². The third-order valence-corrected chi connectivity index (χ3v) is 3.61. The van der Waals surface area contributed by atoms with E-state index in [9.17, 15) is 4.79 Å². The summed E-state index contributed by atoms with van der Waals surface area (Å²) in [5, 5.41) is 3.38. The molecule has 1 amide bonds. The van der Waals surface area contributed by atoms with Gasteiger partial charge in [-0.3, -0.25) is 4.79 Å². The van der Waals surface area contributed by atoms with Gasteiger partial charge in [0.05, 0.1) is 0 Å². The zero-order valence-electron chi connectivity index (χ0n) is 13.1. The Kier molecular flexibility index (Phi) is 4.63. The molecule has 0 radical (unpaired) electrons. The molecule has 21 heavy (non-hydrogen) atoms. The van der Waals surface area contributed by atoms with Gasteiger partial charge in [0, 0.05) is 31.9 Å². The van der Waals surface area contributed by atoms with Crippen molar-refractivity contribution in [1.29, 1.82) is 0 Å². The van der Waals surface area contributed by atoms with Crippen molar-refractivity contribution in [2.75, 3.05) is 19.4 Å². The lowest BCUT2D eigenvalue weighted by Crippen LogP contribution is -2.21. The average Bonchev–Trinajstić information content (AvgIpc) is 2.48. The molecule has 0 aliphatic carbocycles. The molecule has 2 aromatic rings. The zero-order valence-corrected chi connectivity index (χ0v) is 13.1. The number of carbonyl (C=O) groups is 1. The van der Waals surface area contributed by atoms with Crippen LogP contribution in [-0.4, -0.2) is 24.9 Å². The van der Waals surface area contributed by atoms with Gasteiger partial charge in [-0.1, -0.05) is 18.2 Å². The van der Waals surface area contributed by atoms with E-state index in [-0.39, 0.29) is 5.91 Å². The van der Waals surface area contributed by atoms with E-state index in [0.29, 0.717) is 5.56 Å². The van der Waals surface area contributed by atoms with Crippen LogP contribution in [0.3, 0.4) is 0 Å². The fourth-order valence-electron chi connectivity index (χ4n) is 2.11. The van der Waals surface area contributed by atoms with E-state index >= 15 is 0 Å². The van der Waals surface area contributed by atoms with Gasteiger partial charge in [0.1, 0.15) is 0 Å². The largest absolute Gasteiger partial charge is 0.381 e. The second-order valence-corrected chi connectivity index (χ2v) is 5.55. The highest BCUT2D eigenvalue weighted by Gasteiger charge is 2.06. The fourth-order valence-corrected chi connectivity index (χ4v) is 2.11. The van der Waals surface area contributed by atoms with E-state index in [1.165, 1.54) is 16.7 Å². The summed E-state index contributed by atoms with van der Waals surface area (Å²) in [4.78, 5) is 13.4. The monoisotopic (exact) mass is 282 g/mol. The number of rotatable bonds is 4. The van der Waals surface area contributed by atoms with E-state index < -0.39 is 0 Å². The van der Waals surface area contributed by atoms with Crippen molar-refractivity contribution in [3.8, 4) is 0 Å². The number of hydrogen-bond acceptors (Lipinski definition) is 2. The minimum Gasteiger partial charge on any atom is -0.381 e. The van der Waals surface area contributed by atoms with Gasteiger partial charge >= 0.3 is 0 Å². The topological polar surface area (TPSA) is 32.3 Å². The van der Waals surface area contributed by atoms with Crippen LogP contribution in [0.25, 0.3) is 0 Å². The fraction of sp³-hybridized carbons (Fsp3) is 0.278. The summed E-state index contributed by atoms with van der Waals surface area (Å²) in [6, 6.07) is 14.1. The predicted octanol–water partition coefficient (Wildman–Crippen LogP) is 3.62. The van der Waals surface area contributed by atoms with Gasteiger partial charge in [-0.15, -0.1) is 0 Å². The van der Waals surface area contributed by atoms with Crippen LogP contribution in [0.4, 0.5) is 5.69 Å². The van der Waals surface area contributed by atoms with Crippen LogP contribution in [0.2, 0.25) is 0 Å². The maximum atomic E-state index is 11.8. The van der Waals surface area contributed by atoms with Crippen molar-refractivity contribution in [3.05, 3.63) is 64.7 Å². The highest BCUT2D eigenvalue weighted by Crippen LogP contribution is 2.14. The Morgan fingerprint density at radius 3 is 2.24 bits per heavy atom. The molecular weight excluding hydrogens is 260 g/mol. The Balaban J connectivity index is 2.00. The van der Waals surface area contributed by atoms with Crippen LogP contribution in [0.5, 0.6) is 0 Å². The molecule has 0 aromatic heterocycles. The highest BCUT2D eigenvalue weighted by molar-refractivity contribution is 5.94. The predicted molar refractivity (Wildman–Crippen MR) is 87.7 cm³/mol. The Hall–Kier alpha value is -2.29. The maximum absolute atomic E-state index is 11.8. The van der Waals surface area contributed by atoms with Gasteiger partial charge < -0.3 is 10.2 Å². The molecular formula is C18H22N2O. The van der Waals surface area contributed by atoms with Gasteiger partial charge in [-0.2, -0.15) is 0 Å². The number of carbonyl (C=O) groups excluding carboxylic acids is 1. The lowest BCUT2D eigenvalue weighted by atomic mass is 10.1. The number of hydrogen-bond donors (Lipinski definition) is 1. The van der Waals surface area contributed by atoms with Gasteiger partial charge in [0.15, 0.2) is 0 Å². The van der Waals surface area contributed by atoms with Gasteiger partial charge in [-0.05, 0) is 54.8 Å². The Morgan fingerprint density at radius 1 is 1.00 bits per heavy atom. The lowest BCUT2D eigenvalue weighted by molar-refractivity contribution is 0.0827. The number of anilines is 1. The van der Waals surface area contributed by atoms with Crippen molar-refractivity contribution < 1.29 is 4.79 Å². The van der Waals surface area contributed by atoms with E-state index in [4.69, 9.17) is 0 Å². The molecule has 0 bridgehead atoms. The minimum atomic E-state index is 0.0238. The van der Waals surface area contributed by atoms with Crippen molar-refractivity contribution >= 4 is 11.6 Å². The smallest absolute Gasteiger partial charge is 0.253 e. The lowest BCUT2D eigenvalue weighted by Gasteiger charge is -2.12. The first-order valence-corrected chi connectivity index (χ1v) is 7.09. The zero-order chi connectivity index (χ0) is 15.4. The summed E-state index contributed by atoms with van der Waals surface area (Å²) in [6.45, 7) is 5.02. The third-order valence-electron chi connectivity index (χ3n) is 3.61. The molecule has 0 fully saturated rings. The highest BCUT2D eigenvalue weighted by atomic mass is 16.2. The minimum absolute atomic E-state index is 0.0238. The third kappa shape index (κ3) is 3.85. The summed E-state index contributed by atoms with van der Waals surface area (Å²) in [5.41, 5.74) is 5.60. The van der Waals surface area contributed by atoms with E-state index in [1.807, 2.05) is 24.3 Å². The van der Waals surface area contributed by atoms with Crippen LogP contribution in [0, 0.1) is 13.8 Å². The molecule has 3 nitrogen and oxygen atoms in total. The summed E-state index contributed by atoms with van der Waals surface area (Å²) < 4.78 is 0. The molecule has 0 spiro atoms. The van der Waals surface area contributed by atoms with Crippen LogP contribution in [-0.2, 0) is 6.54 Å². The van der Waals surface area contributed by atoms with E-state index in [1.54, 1.807) is 19.0 Å². The second kappa shape index (κ2) is 6.44. The Bertz CT molecular complexity index is 630. The molecule has 0 unspecified atom stereocenters. The number of aryl methyl sites for hydroxylation is 2. The van der Waals surface area contributed by atoms with E-state index in [2.05, 4.69) is 37.4 Å². The molecule has 2 rings (SSSR count). The average molecular weight is 282 g/mol. The van der Waals surface area contributed by atoms with Gasteiger partial charge in [0.25, 0.3) is 5.91 Å². The molecule has 0 aliphatic heterocycles. The van der Waals surface area contributed by atoms with Crippen molar-refractivity contribution in [3.63, 3.8) is 0 Å². The molecule has 0 saturated carbocycles. The Morgan fingerprint density at radius 2 is 1.67 bits per heavy atom. The molecule has 3 heteroatoms. The molecule has 0 aliphatic rings. The number of benzene rings is 2. The molecule has 0 saturated heterocycles. The first kappa shape index (κ1) is 15.1. The second-order valence-electron chi connectivity index (χ2n) is 5.55. The quantitative estimate of drug-likeness (QED) is 0.929. The normalized spacial score (nSPS) is 10.3. The summed E-state index contributed by atoms with van der Waals surface area (Å²) >= 11 is 0. The maximum Gasteiger partial charge on any atom is 0.253 e. The van der Waals surface area contributed by atoms with Crippen LogP contribution in [0.1, 0.15) is 27.0 Å². The molecule has 0 heterocycles. The van der Waals surface area contributed by atoms with Crippen LogP contribution >= 0.6 is 0 Å².